The fraction of sp³-hybridized carbons (Fsp3) is 0.176. The van der Waals surface area contributed by atoms with Crippen LogP contribution in [0.3, 0.4) is 0 Å². The molecule has 0 aliphatic heterocycles. The summed E-state index contributed by atoms with van der Waals surface area (Å²) in [5, 5.41) is 8.36. The fourth-order valence-corrected chi connectivity index (χ4v) is 1.84. The van der Waals surface area contributed by atoms with Crippen LogP contribution < -0.4 is 16.0 Å². The topological polar surface area (TPSA) is 70.2 Å². The SMILES string of the molecule is CCC(=O)Nc1ccc(NC(=O)CNc2ccc(F)cc2)cc1. The van der Waals surface area contributed by atoms with E-state index in [2.05, 4.69) is 16.0 Å². The summed E-state index contributed by atoms with van der Waals surface area (Å²) in [6.45, 7) is 1.85. The highest BCUT2D eigenvalue weighted by atomic mass is 19.1. The molecule has 120 valence electrons. The summed E-state index contributed by atoms with van der Waals surface area (Å²) in [6.07, 6.45) is 0.410. The molecule has 0 unspecified atom stereocenters. The second kappa shape index (κ2) is 7.93. The largest absolute Gasteiger partial charge is 0.376 e. The molecule has 0 spiro atoms. The van der Waals surface area contributed by atoms with Crippen LogP contribution in [0.4, 0.5) is 21.5 Å². The Morgan fingerprint density at radius 3 is 1.83 bits per heavy atom. The van der Waals surface area contributed by atoms with Crippen molar-refractivity contribution in [3.63, 3.8) is 0 Å². The molecule has 2 aromatic rings. The molecule has 0 saturated heterocycles. The molecule has 2 aromatic carbocycles. The molecule has 0 fully saturated rings. The zero-order chi connectivity index (χ0) is 16.7. The maximum atomic E-state index is 12.8. The average molecular weight is 315 g/mol. The third-order valence-corrected chi connectivity index (χ3v) is 3.07. The number of halogens is 1. The van der Waals surface area contributed by atoms with Gasteiger partial charge < -0.3 is 16.0 Å². The van der Waals surface area contributed by atoms with Gasteiger partial charge in [-0.15, -0.1) is 0 Å². The number of benzene rings is 2. The van der Waals surface area contributed by atoms with Crippen molar-refractivity contribution in [2.24, 2.45) is 0 Å². The van der Waals surface area contributed by atoms with Gasteiger partial charge in [0.2, 0.25) is 11.8 Å². The van der Waals surface area contributed by atoms with Crippen LogP contribution in [0.25, 0.3) is 0 Å². The molecular weight excluding hydrogens is 297 g/mol. The predicted octanol–water partition coefficient (Wildman–Crippen LogP) is 3.22. The summed E-state index contributed by atoms with van der Waals surface area (Å²) in [5.41, 5.74) is 1.98. The van der Waals surface area contributed by atoms with E-state index >= 15 is 0 Å². The van der Waals surface area contributed by atoms with Crippen molar-refractivity contribution < 1.29 is 14.0 Å². The summed E-state index contributed by atoms with van der Waals surface area (Å²) in [7, 11) is 0. The van der Waals surface area contributed by atoms with E-state index < -0.39 is 0 Å². The second-order valence-corrected chi connectivity index (χ2v) is 4.89. The number of carbonyl (C=O) groups excluding carboxylic acids is 2. The first kappa shape index (κ1) is 16.5. The van der Waals surface area contributed by atoms with Crippen LogP contribution in [-0.4, -0.2) is 18.4 Å². The number of rotatable bonds is 6. The highest BCUT2D eigenvalue weighted by Crippen LogP contribution is 2.14. The third-order valence-electron chi connectivity index (χ3n) is 3.07. The minimum atomic E-state index is -0.324. The van der Waals surface area contributed by atoms with Crippen LogP contribution >= 0.6 is 0 Å². The summed E-state index contributed by atoms with van der Waals surface area (Å²) in [4.78, 5) is 23.1. The first-order valence-electron chi connectivity index (χ1n) is 7.26. The van der Waals surface area contributed by atoms with Gasteiger partial charge in [0.05, 0.1) is 6.54 Å². The summed E-state index contributed by atoms with van der Waals surface area (Å²) in [6, 6.07) is 12.6. The van der Waals surface area contributed by atoms with Crippen LogP contribution in [0.5, 0.6) is 0 Å². The summed E-state index contributed by atoms with van der Waals surface area (Å²) < 4.78 is 12.8. The molecule has 0 bridgehead atoms. The van der Waals surface area contributed by atoms with E-state index in [1.165, 1.54) is 12.1 Å². The Balaban J connectivity index is 1.82. The van der Waals surface area contributed by atoms with E-state index in [0.29, 0.717) is 23.5 Å². The highest BCUT2D eigenvalue weighted by molar-refractivity contribution is 5.94. The lowest BCUT2D eigenvalue weighted by Gasteiger charge is -2.09. The number of hydrogen-bond donors (Lipinski definition) is 3. The highest BCUT2D eigenvalue weighted by Gasteiger charge is 2.03. The summed E-state index contributed by atoms with van der Waals surface area (Å²) >= 11 is 0. The van der Waals surface area contributed by atoms with E-state index in [-0.39, 0.29) is 24.2 Å². The minimum absolute atomic E-state index is 0.0646. The Hall–Kier alpha value is -2.89. The number of nitrogens with one attached hydrogen (secondary N) is 3. The van der Waals surface area contributed by atoms with Crippen molar-refractivity contribution in [3.05, 3.63) is 54.3 Å². The first-order chi connectivity index (χ1) is 11.1. The van der Waals surface area contributed by atoms with Gasteiger partial charge in [-0.2, -0.15) is 0 Å². The second-order valence-electron chi connectivity index (χ2n) is 4.89. The quantitative estimate of drug-likeness (QED) is 0.766. The number of carbonyl (C=O) groups is 2. The molecule has 0 atom stereocenters. The van der Waals surface area contributed by atoms with Crippen LogP contribution in [-0.2, 0) is 9.59 Å². The van der Waals surface area contributed by atoms with Crippen LogP contribution in [0.2, 0.25) is 0 Å². The Kier molecular flexibility index (Phi) is 5.68. The predicted molar refractivity (Wildman–Crippen MR) is 88.9 cm³/mol. The van der Waals surface area contributed by atoms with Crippen molar-refractivity contribution in [2.45, 2.75) is 13.3 Å². The molecule has 23 heavy (non-hydrogen) atoms. The van der Waals surface area contributed by atoms with Crippen molar-refractivity contribution in [3.8, 4) is 0 Å². The van der Waals surface area contributed by atoms with E-state index in [4.69, 9.17) is 0 Å². The molecule has 0 heterocycles. The van der Waals surface area contributed by atoms with Gasteiger partial charge in [-0.25, -0.2) is 4.39 Å². The molecule has 0 saturated carbocycles. The molecule has 6 heteroatoms. The van der Waals surface area contributed by atoms with E-state index in [1.807, 2.05) is 0 Å². The normalized spacial score (nSPS) is 10.0. The lowest BCUT2D eigenvalue weighted by molar-refractivity contribution is -0.116. The van der Waals surface area contributed by atoms with Crippen molar-refractivity contribution in [1.82, 2.24) is 0 Å². The van der Waals surface area contributed by atoms with Gasteiger partial charge in [0.1, 0.15) is 5.82 Å². The molecule has 2 amide bonds. The Morgan fingerprint density at radius 2 is 1.30 bits per heavy atom. The van der Waals surface area contributed by atoms with Gasteiger partial charge in [0.25, 0.3) is 0 Å². The third kappa shape index (κ3) is 5.43. The summed E-state index contributed by atoms with van der Waals surface area (Å²) in [5.74, 6) is -0.611. The molecule has 0 aliphatic carbocycles. The molecule has 0 aromatic heterocycles. The van der Waals surface area contributed by atoms with E-state index in [0.717, 1.165) is 0 Å². The van der Waals surface area contributed by atoms with Crippen molar-refractivity contribution in [2.75, 3.05) is 22.5 Å². The first-order valence-corrected chi connectivity index (χ1v) is 7.26. The fourth-order valence-electron chi connectivity index (χ4n) is 1.84. The zero-order valence-electron chi connectivity index (χ0n) is 12.7. The minimum Gasteiger partial charge on any atom is -0.376 e. The lowest BCUT2D eigenvalue weighted by atomic mass is 10.2. The maximum absolute atomic E-state index is 12.8. The van der Waals surface area contributed by atoms with E-state index in [1.54, 1.807) is 43.3 Å². The van der Waals surface area contributed by atoms with Gasteiger partial charge in [-0.05, 0) is 48.5 Å². The molecule has 0 aliphatic rings. The van der Waals surface area contributed by atoms with Gasteiger partial charge in [-0.3, -0.25) is 9.59 Å². The van der Waals surface area contributed by atoms with Gasteiger partial charge in [0, 0.05) is 23.5 Å². The van der Waals surface area contributed by atoms with Crippen LogP contribution in [0.15, 0.2) is 48.5 Å². The standard InChI is InChI=1S/C17H18FN3O2/c1-2-16(22)20-14-7-9-15(10-8-14)21-17(23)11-19-13-5-3-12(18)4-6-13/h3-10,19H,2,11H2,1H3,(H,20,22)(H,21,23). The van der Waals surface area contributed by atoms with Gasteiger partial charge in [-0.1, -0.05) is 6.92 Å². The van der Waals surface area contributed by atoms with Crippen molar-refractivity contribution >= 4 is 28.9 Å². The molecule has 3 N–H and O–H groups in total. The molecular formula is C17H18FN3O2. The Morgan fingerprint density at radius 1 is 0.826 bits per heavy atom. The van der Waals surface area contributed by atoms with E-state index in [9.17, 15) is 14.0 Å². The smallest absolute Gasteiger partial charge is 0.243 e. The zero-order valence-corrected chi connectivity index (χ0v) is 12.7. The lowest BCUT2D eigenvalue weighted by Crippen LogP contribution is -2.21. The molecule has 2 rings (SSSR count). The number of amides is 2. The molecule has 5 nitrogen and oxygen atoms in total. The van der Waals surface area contributed by atoms with Crippen LogP contribution in [0, 0.1) is 5.82 Å². The Bertz CT molecular complexity index is 669. The van der Waals surface area contributed by atoms with Gasteiger partial charge >= 0.3 is 0 Å². The number of hydrogen-bond acceptors (Lipinski definition) is 3. The Labute approximate surface area is 133 Å². The average Bonchev–Trinajstić information content (AvgIpc) is 2.56. The maximum Gasteiger partial charge on any atom is 0.243 e. The number of anilines is 3. The van der Waals surface area contributed by atoms with Crippen molar-refractivity contribution in [1.29, 1.82) is 0 Å². The monoisotopic (exact) mass is 315 g/mol. The van der Waals surface area contributed by atoms with Gasteiger partial charge in [0.15, 0.2) is 0 Å². The van der Waals surface area contributed by atoms with Crippen LogP contribution in [0.1, 0.15) is 13.3 Å². The molecule has 0 radical (unpaired) electrons.